The van der Waals surface area contributed by atoms with Crippen LogP contribution in [0.15, 0.2) is 15.9 Å². The van der Waals surface area contributed by atoms with Crippen LogP contribution in [-0.4, -0.2) is 54.5 Å². The highest BCUT2D eigenvalue weighted by atomic mass is 28.4. The largest absolute Gasteiger partial charge is 0.414 e. The van der Waals surface area contributed by atoms with Gasteiger partial charge in [-0.2, -0.15) is 0 Å². The molecular weight excluding hydrogens is 468 g/mol. The lowest BCUT2D eigenvalue weighted by Crippen LogP contribution is -2.53. The number of H-pyrrole nitrogens is 2. The van der Waals surface area contributed by atoms with Crippen molar-refractivity contribution in [2.75, 3.05) is 6.61 Å². The Labute approximate surface area is 203 Å². The Morgan fingerprint density at radius 2 is 1.68 bits per heavy atom. The number of hydrogen-bond donors (Lipinski definition) is 2. The van der Waals surface area contributed by atoms with E-state index in [0.29, 0.717) is 18.7 Å². The molecule has 3 atom stereocenters. The molecule has 2 aromatic rings. The molecule has 34 heavy (non-hydrogen) atoms. The Bertz CT molecular complexity index is 1160. The molecule has 1 fully saturated rings. The van der Waals surface area contributed by atoms with Crippen molar-refractivity contribution in [3.05, 3.63) is 27.2 Å². The van der Waals surface area contributed by atoms with Gasteiger partial charge < -0.3 is 13.6 Å². The fraction of sp³-hybridized carbons (Fsp3) is 0.783. The topological polar surface area (TPSA) is 111 Å². The fourth-order valence-electron chi connectivity index (χ4n) is 3.58. The number of hydrogen-bond acceptors (Lipinski definition) is 6. The summed E-state index contributed by atoms with van der Waals surface area (Å²) in [5, 5.41) is 0.102. The summed E-state index contributed by atoms with van der Waals surface area (Å²) >= 11 is 0. The summed E-state index contributed by atoms with van der Waals surface area (Å²) in [6.45, 7) is 24.7. The van der Waals surface area contributed by atoms with Crippen molar-refractivity contribution in [2.45, 2.75) is 109 Å². The first-order valence-electron chi connectivity index (χ1n) is 12.0. The molecule has 11 heteroatoms. The minimum atomic E-state index is -2.12. The maximum Gasteiger partial charge on any atom is 0.327 e. The van der Waals surface area contributed by atoms with Crippen LogP contribution in [0.25, 0.3) is 11.2 Å². The number of ether oxygens (including phenoxy) is 1. The van der Waals surface area contributed by atoms with E-state index >= 15 is 0 Å². The van der Waals surface area contributed by atoms with Gasteiger partial charge in [0, 0.05) is 6.42 Å². The number of fused-ring (bicyclic) bond motifs is 1. The molecule has 0 saturated carbocycles. The predicted molar refractivity (Wildman–Crippen MR) is 139 cm³/mol. The first-order chi connectivity index (χ1) is 15.3. The highest BCUT2D eigenvalue weighted by molar-refractivity contribution is 6.74. The smallest absolute Gasteiger partial charge is 0.327 e. The van der Waals surface area contributed by atoms with Crippen LogP contribution in [0.3, 0.4) is 0 Å². The van der Waals surface area contributed by atoms with Gasteiger partial charge in [-0.3, -0.25) is 19.3 Å². The zero-order valence-electron chi connectivity index (χ0n) is 22.6. The minimum Gasteiger partial charge on any atom is -0.414 e. The Hall–Kier alpha value is -1.54. The lowest BCUT2D eigenvalue weighted by Gasteiger charge is -2.43. The molecule has 1 aliphatic heterocycles. The third kappa shape index (κ3) is 5.04. The van der Waals surface area contributed by atoms with Crippen LogP contribution in [0.2, 0.25) is 36.3 Å². The molecule has 0 aromatic carbocycles. The van der Waals surface area contributed by atoms with E-state index in [4.69, 9.17) is 13.6 Å². The molecule has 0 bridgehead atoms. The van der Waals surface area contributed by atoms with Crippen molar-refractivity contribution in [3.63, 3.8) is 0 Å². The van der Waals surface area contributed by atoms with E-state index in [2.05, 4.69) is 82.7 Å². The predicted octanol–water partition coefficient (Wildman–Crippen LogP) is 4.50. The maximum absolute atomic E-state index is 12.2. The van der Waals surface area contributed by atoms with Crippen molar-refractivity contribution in [1.29, 1.82) is 0 Å². The number of rotatable bonds is 6. The zero-order chi connectivity index (χ0) is 25.9. The summed E-state index contributed by atoms with van der Waals surface area (Å²) in [7, 11) is -4.15. The second-order valence-electron chi connectivity index (χ2n) is 12.8. The number of nitrogens with one attached hydrogen (secondary N) is 2. The Morgan fingerprint density at radius 3 is 2.24 bits per heavy atom. The molecule has 0 spiro atoms. The molecule has 2 N–H and O–H groups in total. The van der Waals surface area contributed by atoms with Crippen molar-refractivity contribution < 1.29 is 13.6 Å². The molecular formula is C23H42N4O5Si2. The van der Waals surface area contributed by atoms with E-state index < -0.39 is 39.7 Å². The van der Waals surface area contributed by atoms with Gasteiger partial charge in [0.1, 0.15) is 17.5 Å². The van der Waals surface area contributed by atoms with E-state index in [1.165, 1.54) is 0 Å². The van der Waals surface area contributed by atoms with E-state index in [-0.39, 0.29) is 21.7 Å². The first-order valence-corrected chi connectivity index (χ1v) is 17.8. The fourth-order valence-corrected chi connectivity index (χ4v) is 6.07. The highest BCUT2D eigenvalue weighted by Gasteiger charge is 2.52. The molecule has 0 unspecified atom stereocenters. The quantitative estimate of drug-likeness (QED) is 0.553. The second-order valence-corrected chi connectivity index (χ2v) is 22.4. The molecule has 0 radical (unpaired) electrons. The van der Waals surface area contributed by atoms with Crippen molar-refractivity contribution in [2.24, 2.45) is 0 Å². The van der Waals surface area contributed by atoms with E-state index in [1.54, 1.807) is 10.9 Å². The van der Waals surface area contributed by atoms with E-state index in [1.807, 2.05) is 6.92 Å². The Kier molecular flexibility index (Phi) is 6.80. The summed E-state index contributed by atoms with van der Waals surface area (Å²) < 4.78 is 21.9. The number of aromatic amines is 2. The number of imidazole rings is 1. The van der Waals surface area contributed by atoms with Gasteiger partial charge in [-0.25, -0.2) is 9.78 Å². The van der Waals surface area contributed by atoms with Gasteiger partial charge >= 0.3 is 5.69 Å². The van der Waals surface area contributed by atoms with Gasteiger partial charge in [-0.1, -0.05) is 41.5 Å². The minimum absolute atomic E-state index is 0.0342. The van der Waals surface area contributed by atoms with Gasteiger partial charge in [-0.05, 0) is 43.2 Å². The zero-order valence-corrected chi connectivity index (χ0v) is 24.6. The van der Waals surface area contributed by atoms with Gasteiger partial charge in [0.15, 0.2) is 22.2 Å². The Balaban J connectivity index is 1.99. The highest BCUT2D eigenvalue weighted by Crippen LogP contribution is 2.46. The van der Waals surface area contributed by atoms with Crippen LogP contribution >= 0.6 is 0 Å². The molecule has 0 amide bonds. The van der Waals surface area contributed by atoms with Crippen molar-refractivity contribution in [1.82, 2.24) is 19.5 Å². The monoisotopic (exact) mass is 510 g/mol. The van der Waals surface area contributed by atoms with Gasteiger partial charge in [0.2, 0.25) is 0 Å². The lowest BCUT2D eigenvalue weighted by atomic mass is 10.0. The molecule has 9 nitrogen and oxygen atoms in total. The van der Waals surface area contributed by atoms with Crippen LogP contribution < -0.4 is 11.2 Å². The number of nitrogens with zero attached hydrogens (tertiary/aromatic N) is 2. The SMILES string of the molecule is CC(C)(C)[Si](C)(C)OC[C@@]1(C)O[C@@H](n2cnc3c(=O)[nH]c(=O)[nH]c32)C[C@@H]1O[Si](C)(C)C(C)(C)C. The standard InChI is InChI=1S/C23H42N4O5Si2/c1-21(2,3)33(8,9)30-13-23(7)15(32-34(10,11)22(4,5)6)12-16(31-23)27-14-24-17-18(27)25-20(29)26-19(17)28/h14-16H,12-13H2,1-11H3,(H2,25,26,28,29)/t15-,16+,23+/m0/s1. The average Bonchev–Trinajstić information content (AvgIpc) is 3.20. The number of aromatic nitrogens is 4. The third-order valence-electron chi connectivity index (χ3n) is 8.05. The van der Waals surface area contributed by atoms with Crippen LogP contribution in [0.5, 0.6) is 0 Å². The molecule has 3 heterocycles. The maximum atomic E-state index is 12.2. The van der Waals surface area contributed by atoms with Crippen molar-refractivity contribution in [3.8, 4) is 0 Å². The van der Waals surface area contributed by atoms with E-state index in [9.17, 15) is 9.59 Å². The first kappa shape index (κ1) is 27.1. The van der Waals surface area contributed by atoms with Crippen LogP contribution in [0.1, 0.15) is 61.1 Å². The van der Waals surface area contributed by atoms with Gasteiger partial charge in [0.25, 0.3) is 5.56 Å². The lowest BCUT2D eigenvalue weighted by molar-refractivity contribution is -0.109. The molecule has 192 valence electrons. The summed E-state index contributed by atoms with van der Waals surface area (Å²) in [5.41, 5.74) is -1.27. The molecule has 0 aliphatic carbocycles. The summed E-state index contributed by atoms with van der Waals surface area (Å²) in [5.74, 6) is 0. The molecule has 3 rings (SSSR count). The Morgan fingerprint density at radius 1 is 1.09 bits per heavy atom. The third-order valence-corrected chi connectivity index (χ3v) is 17.0. The summed E-state index contributed by atoms with van der Waals surface area (Å²) in [4.78, 5) is 33.3. The van der Waals surface area contributed by atoms with E-state index in [0.717, 1.165) is 0 Å². The molecule has 2 aromatic heterocycles. The normalized spacial score (nSPS) is 24.8. The van der Waals surface area contributed by atoms with Gasteiger partial charge in [0.05, 0.1) is 19.0 Å². The van der Waals surface area contributed by atoms with Crippen LogP contribution in [0, 0.1) is 0 Å². The van der Waals surface area contributed by atoms with Crippen molar-refractivity contribution >= 4 is 27.8 Å². The summed E-state index contributed by atoms with van der Waals surface area (Å²) in [6.07, 6.45) is 1.44. The molecule has 1 aliphatic rings. The average molecular weight is 511 g/mol. The van der Waals surface area contributed by atoms with Crippen LogP contribution in [0.4, 0.5) is 0 Å². The van der Waals surface area contributed by atoms with Crippen LogP contribution in [-0.2, 0) is 13.6 Å². The molecule has 1 saturated heterocycles. The van der Waals surface area contributed by atoms with Gasteiger partial charge in [-0.15, -0.1) is 0 Å². The second kappa shape index (κ2) is 8.54. The summed E-state index contributed by atoms with van der Waals surface area (Å²) in [6, 6.07) is 0.